The van der Waals surface area contributed by atoms with Gasteiger partial charge in [0.25, 0.3) is 0 Å². The van der Waals surface area contributed by atoms with Crippen LogP contribution in [0.1, 0.15) is 12.5 Å². The normalized spacial score (nSPS) is 21.2. The monoisotopic (exact) mass is 283 g/mol. The Hall–Kier alpha value is -1.60. The van der Waals surface area contributed by atoms with Gasteiger partial charge in [0, 0.05) is 18.8 Å². The van der Waals surface area contributed by atoms with Gasteiger partial charge in [-0.1, -0.05) is 6.07 Å². The van der Waals surface area contributed by atoms with E-state index in [1.54, 1.807) is 26.0 Å². The van der Waals surface area contributed by atoms with Crippen LogP contribution in [-0.4, -0.2) is 37.8 Å². The summed E-state index contributed by atoms with van der Waals surface area (Å²) >= 11 is 0. The number of nitrogens with two attached hydrogens (primary N) is 1. The molecule has 1 atom stereocenters. The minimum atomic E-state index is -3.70. The minimum Gasteiger partial charge on any atom is -0.398 e. The molecule has 1 unspecified atom stereocenters. The average molecular weight is 283 g/mol. The maximum absolute atomic E-state index is 12.6. The summed E-state index contributed by atoms with van der Waals surface area (Å²) in [6, 6.07) is 4.06. The summed E-state index contributed by atoms with van der Waals surface area (Å²) in [4.78, 5) is 11.8. The van der Waals surface area contributed by atoms with Crippen LogP contribution in [0.4, 0.5) is 5.69 Å². The number of hydrogen-bond acceptors (Lipinski definition) is 4. The second-order valence-corrected chi connectivity index (χ2v) is 6.41. The minimum absolute atomic E-state index is 0.161. The first-order chi connectivity index (χ1) is 8.85. The topological polar surface area (TPSA) is 92.5 Å². The Morgan fingerprint density at radius 1 is 1.42 bits per heavy atom. The zero-order valence-electron chi connectivity index (χ0n) is 10.9. The SMILES string of the molecule is Cc1c(N)cccc1S(=O)(=O)N1CCNC(=O)C1C. The highest BCUT2D eigenvalue weighted by Crippen LogP contribution is 2.25. The molecule has 0 radical (unpaired) electrons. The molecule has 1 aromatic rings. The summed E-state index contributed by atoms with van der Waals surface area (Å²) < 4.78 is 26.4. The first-order valence-electron chi connectivity index (χ1n) is 6.00. The van der Waals surface area contributed by atoms with Crippen molar-refractivity contribution in [2.75, 3.05) is 18.8 Å². The van der Waals surface area contributed by atoms with E-state index in [9.17, 15) is 13.2 Å². The highest BCUT2D eigenvalue weighted by molar-refractivity contribution is 7.89. The Balaban J connectivity index is 2.48. The lowest BCUT2D eigenvalue weighted by molar-refractivity contribution is -0.126. The van der Waals surface area contributed by atoms with E-state index < -0.39 is 16.1 Å². The number of carbonyl (C=O) groups is 1. The molecule has 2 rings (SSSR count). The van der Waals surface area contributed by atoms with Crippen LogP contribution in [0.2, 0.25) is 0 Å². The number of amides is 1. The van der Waals surface area contributed by atoms with Crippen molar-refractivity contribution in [2.45, 2.75) is 24.8 Å². The number of benzene rings is 1. The molecule has 19 heavy (non-hydrogen) atoms. The molecule has 7 heteroatoms. The van der Waals surface area contributed by atoms with E-state index in [-0.39, 0.29) is 17.3 Å². The highest BCUT2D eigenvalue weighted by atomic mass is 32.2. The predicted octanol–water partition coefficient (Wildman–Crippen LogP) is 0.0862. The molecule has 1 fully saturated rings. The Morgan fingerprint density at radius 2 is 2.11 bits per heavy atom. The van der Waals surface area contributed by atoms with Crippen LogP contribution in [0.5, 0.6) is 0 Å². The van der Waals surface area contributed by atoms with Gasteiger partial charge in [0.15, 0.2) is 0 Å². The van der Waals surface area contributed by atoms with Gasteiger partial charge in [0.1, 0.15) is 6.04 Å². The molecular weight excluding hydrogens is 266 g/mol. The number of anilines is 1. The van der Waals surface area contributed by atoms with Crippen molar-refractivity contribution < 1.29 is 13.2 Å². The maximum atomic E-state index is 12.6. The van der Waals surface area contributed by atoms with Gasteiger partial charge in [0.2, 0.25) is 15.9 Å². The van der Waals surface area contributed by atoms with Crippen molar-refractivity contribution in [3.05, 3.63) is 23.8 Å². The van der Waals surface area contributed by atoms with Gasteiger partial charge in [0.05, 0.1) is 4.90 Å². The third-order valence-corrected chi connectivity index (χ3v) is 5.47. The largest absolute Gasteiger partial charge is 0.398 e. The molecule has 0 aromatic heterocycles. The van der Waals surface area contributed by atoms with Crippen LogP contribution in [0.15, 0.2) is 23.1 Å². The smallest absolute Gasteiger partial charge is 0.244 e. The maximum Gasteiger partial charge on any atom is 0.244 e. The number of hydrogen-bond donors (Lipinski definition) is 2. The average Bonchev–Trinajstić information content (AvgIpc) is 2.35. The fourth-order valence-corrected chi connectivity index (χ4v) is 3.98. The van der Waals surface area contributed by atoms with Gasteiger partial charge in [-0.2, -0.15) is 4.31 Å². The number of carbonyl (C=O) groups excluding carboxylic acids is 1. The fraction of sp³-hybridized carbons (Fsp3) is 0.417. The summed E-state index contributed by atoms with van der Waals surface area (Å²) in [5.41, 5.74) is 6.69. The van der Waals surface area contributed by atoms with E-state index in [4.69, 9.17) is 5.73 Å². The molecule has 0 saturated carbocycles. The lowest BCUT2D eigenvalue weighted by atomic mass is 10.2. The first kappa shape index (κ1) is 13.8. The zero-order chi connectivity index (χ0) is 14.2. The molecule has 0 spiro atoms. The third-order valence-electron chi connectivity index (χ3n) is 3.36. The summed E-state index contributed by atoms with van der Waals surface area (Å²) in [7, 11) is -3.70. The van der Waals surface area contributed by atoms with E-state index in [0.29, 0.717) is 17.8 Å². The predicted molar refractivity (Wildman–Crippen MR) is 72.0 cm³/mol. The van der Waals surface area contributed by atoms with Gasteiger partial charge >= 0.3 is 0 Å². The fourth-order valence-electron chi connectivity index (χ4n) is 2.13. The number of nitrogens with one attached hydrogen (secondary N) is 1. The number of rotatable bonds is 2. The molecule has 3 N–H and O–H groups in total. The lowest BCUT2D eigenvalue weighted by Gasteiger charge is -2.32. The number of nitrogens with zero attached hydrogens (tertiary/aromatic N) is 1. The lowest BCUT2D eigenvalue weighted by Crippen LogP contribution is -2.55. The summed E-state index contributed by atoms with van der Waals surface area (Å²) in [6.45, 7) is 3.83. The van der Waals surface area contributed by atoms with Gasteiger partial charge in [-0.05, 0) is 31.5 Å². The number of piperazine rings is 1. The van der Waals surface area contributed by atoms with Crippen LogP contribution < -0.4 is 11.1 Å². The van der Waals surface area contributed by atoms with Crippen molar-refractivity contribution in [2.24, 2.45) is 0 Å². The Kier molecular flexibility index (Phi) is 3.51. The second kappa shape index (κ2) is 4.82. The summed E-state index contributed by atoms with van der Waals surface area (Å²) in [5, 5.41) is 2.64. The van der Waals surface area contributed by atoms with E-state index in [1.807, 2.05) is 0 Å². The van der Waals surface area contributed by atoms with Gasteiger partial charge in [-0.25, -0.2) is 8.42 Å². The van der Waals surface area contributed by atoms with Crippen molar-refractivity contribution in [3.8, 4) is 0 Å². The Bertz CT molecular complexity index is 613. The molecule has 1 heterocycles. The Morgan fingerprint density at radius 3 is 2.79 bits per heavy atom. The molecule has 1 aliphatic heterocycles. The number of sulfonamides is 1. The van der Waals surface area contributed by atoms with Gasteiger partial charge < -0.3 is 11.1 Å². The van der Waals surface area contributed by atoms with Gasteiger partial charge in [-0.15, -0.1) is 0 Å². The van der Waals surface area contributed by atoms with Crippen molar-refractivity contribution in [3.63, 3.8) is 0 Å². The third kappa shape index (κ3) is 2.31. The molecule has 1 aromatic carbocycles. The van der Waals surface area contributed by atoms with Crippen LogP contribution in [0, 0.1) is 6.92 Å². The van der Waals surface area contributed by atoms with Gasteiger partial charge in [-0.3, -0.25) is 4.79 Å². The molecular formula is C12H17N3O3S. The second-order valence-electron chi connectivity index (χ2n) is 4.55. The summed E-state index contributed by atoms with van der Waals surface area (Å²) in [5.74, 6) is -0.281. The zero-order valence-corrected chi connectivity index (χ0v) is 11.7. The van der Waals surface area contributed by atoms with Crippen LogP contribution in [-0.2, 0) is 14.8 Å². The molecule has 0 bridgehead atoms. The summed E-state index contributed by atoms with van der Waals surface area (Å²) in [6.07, 6.45) is 0. The quantitative estimate of drug-likeness (QED) is 0.752. The first-order valence-corrected chi connectivity index (χ1v) is 7.44. The molecule has 1 saturated heterocycles. The van der Waals surface area contributed by atoms with Crippen molar-refractivity contribution in [1.82, 2.24) is 9.62 Å². The van der Waals surface area contributed by atoms with Crippen LogP contribution in [0.25, 0.3) is 0 Å². The van der Waals surface area contributed by atoms with Crippen LogP contribution >= 0.6 is 0 Å². The van der Waals surface area contributed by atoms with E-state index >= 15 is 0 Å². The van der Waals surface area contributed by atoms with Crippen molar-refractivity contribution >= 4 is 21.6 Å². The molecule has 0 aliphatic carbocycles. The molecule has 6 nitrogen and oxygen atoms in total. The molecule has 1 amide bonds. The van der Waals surface area contributed by atoms with E-state index in [1.165, 1.54) is 10.4 Å². The van der Waals surface area contributed by atoms with E-state index in [0.717, 1.165) is 0 Å². The molecule has 104 valence electrons. The van der Waals surface area contributed by atoms with E-state index in [2.05, 4.69) is 5.32 Å². The standard InChI is InChI=1S/C12H17N3O3S/c1-8-10(13)4-3-5-11(8)19(17,18)15-7-6-14-12(16)9(15)2/h3-5,9H,6-7,13H2,1-2H3,(H,14,16). The Labute approximate surface area is 112 Å². The molecule has 1 aliphatic rings. The van der Waals surface area contributed by atoms with Crippen LogP contribution in [0.3, 0.4) is 0 Å². The highest BCUT2D eigenvalue weighted by Gasteiger charge is 2.36. The van der Waals surface area contributed by atoms with Crippen molar-refractivity contribution in [1.29, 1.82) is 0 Å². The number of nitrogen functional groups attached to an aromatic ring is 1.